The molecule has 0 aromatic carbocycles. The second kappa shape index (κ2) is 5.38. The molecule has 0 radical (unpaired) electrons. The zero-order valence-corrected chi connectivity index (χ0v) is 11.2. The first-order valence-electron chi connectivity index (χ1n) is 7.02. The third kappa shape index (κ3) is 2.45. The van der Waals surface area contributed by atoms with E-state index in [0.717, 1.165) is 31.0 Å². The van der Waals surface area contributed by atoms with E-state index in [1.54, 1.807) is 12.4 Å². The van der Waals surface area contributed by atoms with Gasteiger partial charge in [-0.05, 0) is 32.6 Å². The molecular weight excluding hydrogens is 238 g/mol. The van der Waals surface area contributed by atoms with Gasteiger partial charge in [0.2, 0.25) is 0 Å². The molecular formula is C14H19N5. The maximum atomic E-state index is 4.71. The largest absolute Gasteiger partial charge is 0.370 e. The summed E-state index contributed by atoms with van der Waals surface area (Å²) in [4.78, 5) is 16.7. The molecule has 2 aromatic rings. The SMILES string of the molecule is CCNc1nc(-c2ncc[nH]2)nc2c1CCCCC2. The molecule has 2 N–H and O–H groups in total. The Labute approximate surface area is 112 Å². The number of aromatic amines is 1. The van der Waals surface area contributed by atoms with Crippen LogP contribution in [0.5, 0.6) is 0 Å². The van der Waals surface area contributed by atoms with Gasteiger partial charge in [-0.2, -0.15) is 0 Å². The van der Waals surface area contributed by atoms with Crippen LogP contribution in [0.4, 0.5) is 5.82 Å². The van der Waals surface area contributed by atoms with Crippen LogP contribution in [-0.4, -0.2) is 26.5 Å². The van der Waals surface area contributed by atoms with Crippen molar-refractivity contribution in [2.75, 3.05) is 11.9 Å². The van der Waals surface area contributed by atoms with Gasteiger partial charge in [-0.25, -0.2) is 15.0 Å². The third-order valence-corrected chi connectivity index (χ3v) is 3.49. The highest BCUT2D eigenvalue weighted by molar-refractivity contribution is 5.54. The standard InChI is InChI=1S/C14H19N5/c1-2-15-12-10-6-4-3-5-7-11(10)18-14(19-12)13-16-8-9-17-13/h8-9H,2-7H2,1H3,(H,16,17)(H,15,18,19). The Kier molecular flexibility index (Phi) is 3.44. The summed E-state index contributed by atoms with van der Waals surface area (Å²) in [7, 11) is 0. The fraction of sp³-hybridized carbons (Fsp3) is 0.500. The molecule has 0 aliphatic heterocycles. The van der Waals surface area contributed by atoms with Gasteiger partial charge in [0.25, 0.3) is 0 Å². The number of nitrogens with zero attached hydrogens (tertiary/aromatic N) is 3. The molecule has 2 aromatic heterocycles. The molecule has 19 heavy (non-hydrogen) atoms. The smallest absolute Gasteiger partial charge is 0.197 e. The first kappa shape index (κ1) is 12.1. The minimum atomic E-state index is 0.696. The van der Waals surface area contributed by atoms with E-state index in [-0.39, 0.29) is 0 Å². The van der Waals surface area contributed by atoms with E-state index in [0.29, 0.717) is 5.82 Å². The summed E-state index contributed by atoms with van der Waals surface area (Å²) in [5, 5.41) is 3.37. The van der Waals surface area contributed by atoms with Crippen LogP contribution < -0.4 is 5.32 Å². The molecule has 5 heteroatoms. The Morgan fingerprint density at radius 2 is 2.11 bits per heavy atom. The number of aryl methyl sites for hydroxylation is 1. The average Bonchev–Trinajstić information content (AvgIpc) is 2.85. The predicted octanol–water partition coefficient (Wildman–Crippen LogP) is 2.57. The molecule has 0 saturated carbocycles. The second-order valence-electron chi connectivity index (χ2n) is 4.85. The normalized spacial score (nSPS) is 14.8. The monoisotopic (exact) mass is 257 g/mol. The number of anilines is 1. The quantitative estimate of drug-likeness (QED) is 0.829. The Morgan fingerprint density at radius 1 is 1.21 bits per heavy atom. The van der Waals surface area contributed by atoms with Crippen LogP contribution in [0.25, 0.3) is 11.6 Å². The summed E-state index contributed by atoms with van der Waals surface area (Å²) < 4.78 is 0. The summed E-state index contributed by atoms with van der Waals surface area (Å²) in [6, 6.07) is 0. The van der Waals surface area contributed by atoms with Gasteiger partial charge in [0.1, 0.15) is 5.82 Å². The van der Waals surface area contributed by atoms with Gasteiger partial charge in [-0.15, -0.1) is 0 Å². The number of rotatable bonds is 3. The molecule has 1 aliphatic rings. The molecule has 5 nitrogen and oxygen atoms in total. The first-order valence-corrected chi connectivity index (χ1v) is 7.02. The number of aromatic nitrogens is 4. The minimum absolute atomic E-state index is 0.696. The highest BCUT2D eigenvalue weighted by Crippen LogP contribution is 2.26. The lowest BCUT2D eigenvalue weighted by atomic mass is 10.1. The summed E-state index contributed by atoms with van der Waals surface area (Å²) in [6.45, 7) is 2.97. The molecule has 2 heterocycles. The van der Waals surface area contributed by atoms with Crippen LogP contribution in [0.2, 0.25) is 0 Å². The predicted molar refractivity (Wildman–Crippen MR) is 75.0 cm³/mol. The van der Waals surface area contributed by atoms with E-state index in [4.69, 9.17) is 4.98 Å². The van der Waals surface area contributed by atoms with Crippen molar-refractivity contribution in [1.29, 1.82) is 0 Å². The lowest BCUT2D eigenvalue weighted by molar-refractivity contribution is 0.709. The van der Waals surface area contributed by atoms with Crippen molar-refractivity contribution in [3.8, 4) is 11.6 Å². The minimum Gasteiger partial charge on any atom is -0.370 e. The number of H-pyrrole nitrogens is 1. The first-order chi connectivity index (χ1) is 9.38. The molecule has 3 rings (SSSR count). The van der Waals surface area contributed by atoms with Crippen LogP contribution in [0.1, 0.15) is 37.4 Å². The summed E-state index contributed by atoms with van der Waals surface area (Å²) in [5.41, 5.74) is 2.49. The number of fused-ring (bicyclic) bond motifs is 1. The van der Waals surface area contributed by atoms with Crippen molar-refractivity contribution < 1.29 is 0 Å². The molecule has 0 amide bonds. The second-order valence-corrected chi connectivity index (χ2v) is 4.85. The molecule has 0 spiro atoms. The van der Waals surface area contributed by atoms with Crippen molar-refractivity contribution in [2.24, 2.45) is 0 Å². The zero-order valence-electron chi connectivity index (χ0n) is 11.2. The summed E-state index contributed by atoms with van der Waals surface area (Å²) in [6.07, 6.45) is 9.38. The van der Waals surface area contributed by atoms with Crippen molar-refractivity contribution >= 4 is 5.82 Å². The van der Waals surface area contributed by atoms with Crippen molar-refractivity contribution in [2.45, 2.75) is 39.0 Å². The van der Waals surface area contributed by atoms with Gasteiger partial charge in [0.15, 0.2) is 11.6 Å². The Hall–Kier alpha value is -1.91. The molecule has 0 unspecified atom stereocenters. The fourth-order valence-corrected chi connectivity index (χ4v) is 2.58. The van der Waals surface area contributed by atoms with Crippen LogP contribution in [-0.2, 0) is 12.8 Å². The van der Waals surface area contributed by atoms with E-state index in [9.17, 15) is 0 Å². The van der Waals surface area contributed by atoms with E-state index >= 15 is 0 Å². The highest BCUT2D eigenvalue weighted by atomic mass is 15.1. The maximum Gasteiger partial charge on any atom is 0.197 e. The van der Waals surface area contributed by atoms with Gasteiger partial charge in [-0.1, -0.05) is 6.42 Å². The molecule has 1 aliphatic carbocycles. The molecule has 0 fully saturated rings. The lowest BCUT2D eigenvalue weighted by Gasteiger charge is -2.13. The van der Waals surface area contributed by atoms with Crippen LogP contribution in [0, 0.1) is 0 Å². The number of hydrogen-bond donors (Lipinski definition) is 2. The van der Waals surface area contributed by atoms with E-state index in [2.05, 4.69) is 27.2 Å². The van der Waals surface area contributed by atoms with Gasteiger partial charge in [-0.3, -0.25) is 0 Å². The Morgan fingerprint density at radius 3 is 2.89 bits per heavy atom. The number of hydrogen-bond acceptors (Lipinski definition) is 4. The van der Waals surface area contributed by atoms with Crippen molar-refractivity contribution in [3.05, 3.63) is 23.7 Å². The molecule has 0 bridgehead atoms. The molecule has 0 atom stereocenters. The summed E-state index contributed by atoms with van der Waals surface area (Å²) in [5.74, 6) is 2.42. The molecule has 0 saturated heterocycles. The Balaban J connectivity index is 2.08. The van der Waals surface area contributed by atoms with Crippen LogP contribution >= 0.6 is 0 Å². The number of imidazole rings is 1. The van der Waals surface area contributed by atoms with Crippen LogP contribution in [0.15, 0.2) is 12.4 Å². The van der Waals surface area contributed by atoms with E-state index in [1.165, 1.54) is 30.5 Å². The maximum absolute atomic E-state index is 4.71. The lowest BCUT2D eigenvalue weighted by Crippen LogP contribution is -2.09. The molecule has 100 valence electrons. The number of nitrogens with one attached hydrogen (secondary N) is 2. The highest BCUT2D eigenvalue weighted by Gasteiger charge is 2.17. The van der Waals surface area contributed by atoms with E-state index < -0.39 is 0 Å². The summed E-state index contributed by atoms with van der Waals surface area (Å²) >= 11 is 0. The van der Waals surface area contributed by atoms with Gasteiger partial charge in [0.05, 0.1) is 0 Å². The van der Waals surface area contributed by atoms with E-state index in [1.807, 2.05) is 0 Å². The van der Waals surface area contributed by atoms with Crippen molar-refractivity contribution in [3.63, 3.8) is 0 Å². The topological polar surface area (TPSA) is 66.5 Å². The van der Waals surface area contributed by atoms with Crippen molar-refractivity contribution in [1.82, 2.24) is 19.9 Å². The van der Waals surface area contributed by atoms with Crippen LogP contribution in [0.3, 0.4) is 0 Å². The van der Waals surface area contributed by atoms with Gasteiger partial charge in [0, 0.05) is 30.2 Å². The van der Waals surface area contributed by atoms with Gasteiger partial charge >= 0.3 is 0 Å². The zero-order chi connectivity index (χ0) is 13.1. The average molecular weight is 257 g/mol. The third-order valence-electron chi connectivity index (χ3n) is 3.49. The fourth-order valence-electron chi connectivity index (χ4n) is 2.58. The Bertz CT molecular complexity index is 547. The van der Waals surface area contributed by atoms with Gasteiger partial charge < -0.3 is 10.3 Å².